The van der Waals surface area contributed by atoms with Crippen molar-refractivity contribution in [2.75, 3.05) is 0 Å². The zero-order chi connectivity index (χ0) is 15.4. The normalized spacial score (nSPS) is 14.4. The lowest BCUT2D eigenvalue weighted by Crippen LogP contribution is -1.80. The van der Waals surface area contributed by atoms with Gasteiger partial charge in [0.15, 0.2) is 0 Å². The van der Waals surface area contributed by atoms with Gasteiger partial charge in [0.2, 0.25) is 0 Å². The highest BCUT2D eigenvalue weighted by atomic mass is 14.1. The van der Waals surface area contributed by atoms with E-state index in [1.54, 1.807) is 6.07 Å². The van der Waals surface area contributed by atoms with Gasteiger partial charge in [-0.3, -0.25) is 0 Å². The number of hydrogen-bond donors (Lipinski definition) is 0. The minimum absolute atomic E-state index is 0.00872. The van der Waals surface area contributed by atoms with E-state index in [0.29, 0.717) is 10.8 Å². The van der Waals surface area contributed by atoms with Crippen LogP contribution in [0.25, 0.3) is 32.3 Å². The topological polar surface area (TPSA) is 0 Å². The molecule has 4 rings (SSSR count). The van der Waals surface area contributed by atoms with E-state index in [1.807, 2.05) is 36.4 Å². The molecule has 0 heteroatoms. The molecule has 0 fully saturated rings. The zero-order valence-corrected chi connectivity index (χ0v) is 9.62. The van der Waals surface area contributed by atoms with Crippen LogP contribution in [0.2, 0.25) is 0 Å². The van der Waals surface area contributed by atoms with Crippen molar-refractivity contribution in [1.82, 2.24) is 0 Å². The summed E-state index contributed by atoms with van der Waals surface area (Å²) in [6, 6.07) is 15.4. The highest BCUT2D eigenvalue weighted by molar-refractivity contribution is 6.20. The van der Waals surface area contributed by atoms with Gasteiger partial charge in [0, 0.05) is 0 Å². The molecule has 84 valence electrons. The van der Waals surface area contributed by atoms with Crippen LogP contribution < -0.4 is 0 Å². The number of fused-ring (bicyclic) bond motifs is 5. The highest BCUT2D eigenvalue weighted by Gasteiger charge is 2.03. The molecule has 4 aromatic carbocycles. The van der Waals surface area contributed by atoms with E-state index in [1.165, 1.54) is 6.07 Å². The second-order valence-electron chi connectivity index (χ2n) is 4.35. The van der Waals surface area contributed by atoms with Gasteiger partial charge in [-0.1, -0.05) is 72.7 Å². The quantitative estimate of drug-likeness (QED) is 0.368. The number of benzene rings is 4. The molecule has 0 bridgehead atoms. The molecule has 0 saturated heterocycles. The van der Waals surface area contributed by atoms with Crippen molar-refractivity contribution in [1.29, 1.82) is 0 Å². The average molecular weight is 232 g/mol. The van der Waals surface area contributed by atoms with E-state index in [4.69, 9.17) is 5.48 Å². The average Bonchev–Trinajstić information content (AvgIpc) is 2.51. The van der Waals surface area contributed by atoms with Crippen LogP contribution in [0.1, 0.15) is 5.48 Å². The number of hydrogen-bond acceptors (Lipinski definition) is 0. The van der Waals surface area contributed by atoms with E-state index in [9.17, 15) is 0 Å². The fourth-order valence-electron chi connectivity index (χ4n) is 2.49. The maximum atomic E-state index is 8.27. The predicted octanol–water partition coefficient (Wildman–Crippen LogP) is 5.15. The zero-order valence-electron chi connectivity index (χ0n) is 13.6. The van der Waals surface area contributed by atoms with Crippen LogP contribution >= 0.6 is 0 Å². The van der Waals surface area contributed by atoms with E-state index in [0.717, 1.165) is 21.5 Å². The van der Waals surface area contributed by atoms with Crippen molar-refractivity contribution in [3.63, 3.8) is 0 Å². The highest BCUT2D eigenvalue weighted by Crippen LogP contribution is 2.31. The largest absolute Gasteiger partial charge is 0.0629 e. The minimum Gasteiger partial charge on any atom is -0.0616 e. The molecular formula is C18H12. The Morgan fingerprint density at radius 1 is 0.611 bits per heavy atom. The lowest BCUT2D eigenvalue weighted by molar-refractivity contribution is 1.77. The van der Waals surface area contributed by atoms with E-state index in [-0.39, 0.29) is 24.2 Å². The van der Waals surface area contributed by atoms with Crippen molar-refractivity contribution in [3.05, 3.63) is 72.7 Å². The third kappa shape index (κ3) is 1.26. The first-order valence-corrected chi connectivity index (χ1v) is 5.89. The standard InChI is InChI=1S/C18H12/c1-3-7-16-13(5-1)9-11-15-12-10-14-6-2-4-8-17(14)18(15)16/h1-12H/i1D,5D,7D,9D. The molecule has 0 aliphatic carbocycles. The van der Waals surface area contributed by atoms with Crippen LogP contribution in [0.3, 0.4) is 0 Å². The maximum Gasteiger partial charge on any atom is 0.0629 e. The summed E-state index contributed by atoms with van der Waals surface area (Å²) in [5, 5.41) is 4.84. The van der Waals surface area contributed by atoms with Gasteiger partial charge in [0.1, 0.15) is 0 Å². The molecule has 0 N–H and O–H groups in total. The van der Waals surface area contributed by atoms with Crippen molar-refractivity contribution < 1.29 is 5.48 Å². The van der Waals surface area contributed by atoms with E-state index >= 15 is 0 Å². The molecule has 0 aromatic heterocycles. The van der Waals surface area contributed by atoms with E-state index < -0.39 is 0 Å². The molecule has 18 heavy (non-hydrogen) atoms. The molecule has 0 radical (unpaired) electrons. The predicted molar refractivity (Wildman–Crippen MR) is 79.0 cm³/mol. The third-order valence-electron chi connectivity index (χ3n) is 3.32. The SMILES string of the molecule is [2H]c1cc([2H])c2c(c([2H])cc3ccc4ccccc4c32)c1[2H]. The van der Waals surface area contributed by atoms with Gasteiger partial charge in [0.05, 0.1) is 5.48 Å². The summed E-state index contributed by atoms with van der Waals surface area (Å²) in [7, 11) is 0. The first-order valence-electron chi connectivity index (χ1n) is 7.89. The minimum atomic E-state index is -0.00872. The van der Waals surface area contributed by atoms with Gasteiger partial charge in [-0.25, -0.2) is 0 Å². The van der Waals surface area contributed by atoms with Crippen molar-refractivity contribution in [2.24, 2.45) is 0 Å². The summed E-state index contributed by atoms with van der Waals surface area (Å²) in [6.07, 6.45) is 0. The van der Waals surface area contributed by atoms with Crippen LogP contribution in [0.5, 0.6) is 0 Å². The van der Waals surface area contributed by atoms with Crippen molar-refractivity contribution in [3.8, 4) is 0 Å². The smallest absolute Gasteiger partial charge is 0.0616 e. The monoisotopic (exact) mass is 232 g/mol. The molecule has 0 amide bonds. The summed E-state index contributed by atoms with van der Waals surface area (Å²) < 4.78 is 32.4. The fraction of sp³-hybridized carbons (Fsp3) is 0. The van der Waals surface area contributed by atoms with Gasteiger partial charge in [0.25, 0.3) is 0 Å². The molecule has 0 nitrogen and oxygen atoms in total. The van der Waals surface area contributed by atoms with Gasteiger partial charge in [-0.2, -0.15) is 0 Å². The molecule has 4 aromatic rings. The Labute approximate surface area is 111 Å². The third-order valence-corrected chi connectivity index (χ3v) is 3.32. The van der Waals surface area contributed by atoms with Crippen LogP contribution in [-0.2, 0) is 0 Å². The van der Waals surface area contributed by atoms with Crippen LogP contribution in [0.4, 0.5) is 0 Å². The Bertz CT molecular complexity index is 1070. The maximum absolute atomic E-state index is 8.27. The lowest BCUT2D eigenvalue weighted by Gasteiger charge is -2.07. The second-order valence-corrected chi connectivity index (χ2v) is 4.35. The Hall–Kier alpha value is -2.34. The summed E-state index contributed by atoms with van der Waals surface area (Å²) >= 11 is 0. The molecule has 0 unspecified atom stereocenters. The van der Waals surface area contributed by atoms with Crippen LogP contribution in [-0.4, -0.2) is 0 Å². The van der Waals surface area contributed by atoms with Crippen molar-refractivity contribution >= 4 is 32.3 Å². The Kier molecular flexibility index (Phi) is 1.30. The van der Waals surface area contributed by atoms with Crippen molar-refractivity contribution in [2.45, 2.75) is 0 Å². The van der Waals surface area contributed by atoms with Gasteiger partial charge < -0.3 is 0 Å². The molecule has 0 aliphatic heterocycles. The molecule has 0 spiro atoms. The Balaban J connectivity index is 2.42. The van der Waals surface area contributed by atoms with Gasteiger partial charge >= 0.3 is 0 Å². The Morgan fingerprint density at radius 3 is 2.50 bits per heavy atom. The van der Waals surface area contributed by atoms with Crippen LogP contribution in [0.15, 0.2) is 72.7 Å². The molecule has 0 saturated carbocycles. The Morgan fingerprint density at radius 2 is 1.50 bits per heavy atom. The lowest BCUT2D eigenvalue weighted by atomic mass is 9.97. The van der Waals surface area contributed by atoms with E-state index in [2.05, 4.69) is 0 Å². The first-order chi connectivity index (χ1) is 10.6. The van der Waals surface area contributed by atoms with Crippen LogP contribution in [0, 0.1) is 0 Å². The fourth-order valence-corrected chi connectivity index (χ4v) is 2.49. The first kappa shape index (κ1) is 6.55. The van der Waals surface area contributed by atoms with Gasteiger partial charge in [-0.15, -0.1) is 0 Å². The summed E-state index contributed by atoms with van der Waals surface area (Å²) in [5.41, 5.74) is 0. The number of rotatable bonds is 0. The summed E-state index contributed by atoms with van der Waals surface area (Å²) in [4.78, 5) is 0. The second kappa shape index (κ2) is 3.58. The molecule has 0 atom stereocenters. The molecule has 0 heterocycles. The van der Waals surface area contributed by atoms with Gasteiger partial charge in [-0.05, 0) is 32.3 Å². The molecular weight excluding hydrogens is 216 g/mol. The molecule has 0 aliphatic rings. The summed E-state index contributed by atoms with van der Waals surface area (Å²) in [5.74, 6) is 0. The summed E-state index contributed by atoms with van der Waals surface area (Å²) in [6.45, 7) is 0.